The van der Waals surface area contributed by atoms with Crippen molar-refractivity contribution in [3.05, 3.63) is 58.3 Å². The number of aliphatic hydroxyl groups is 1. The van der Waals surface area contributed by atoms with Crippen molar-refractivity contribution in [2.45, 2.75) is 44.4 Å². The summed E-state index contributed by atoms with van der Waals surface area (Å²) in [5.41, 5.74) is -0.851. The second kappa shape index (κ2) is 8.00. The molecule has 0 bridgehead atoms. The van der Waals surface area contributed by atoms with E-state index < -0.39 is 23.3 Å². The standard InChI is InChI=1S/C21H27NO4S/c1-20(2,3)26-19(23)22-11-12-25-15-17(22)21(24,18-10-7-13-27-18)14-16-8-5-4-6-9-16/h4-10,13,17,24H,11-12,14-15H2,1-3H3. The first-order valence-corrected chi connectivity index (χ1v) is 10.1. The number of carbonyl (C=O) groups excluding carboxylic acids is 1. The van der Waals surface area contributed by atoms with Crippen LogP contribution in [0.5, 0.6) is 0 Å². The highest BCUT2D eigenvalue weighted by molar-refractivity contribution is 7.10. The van der Waals surface area contributed by atoms with Gasteiger partial charge in [-0.15, -0.1) is 11.3 Å². The Balaban J connectivity index is 1.95. The summed E-state index contributed by atoms with van der Waals surface area (Å²) >= 11 is 1.49. The Bertz CT molecular complexity index is 741. The Hall–Kier alpha value is -1.89. The van der Waals surface area contributed by atoms with E-state index in [0.29, 0.717) is 19.6 Å². The van der Waals surface area contributed by atoms with Gasteiger partial charge in [0, 0.05) is 17.8 Å². The van der Waals surface area contributed by atoms with Crippen LogP contribution in [0.25, 0.3) is 0 Å². The molecule has 1 fully saturated rings. The minimum absolute atomic E-state index is 0.264. The van der Waals surface area contributed by atoms with E-state index in [2.05, 4.69) is 0 Å². The molecule has 5 nitrogen and oxygen atoms in total. The Morgan fingerprint density at radius 1 is 1.26 bits per heavy atom. The summed E-state index contributed by atoms with van der Waals surface area (Å²) in [5.74, 6) is 0. The predicted octanol–water partition coefficient (Wildman–Crippen LogP) is 3.81. The maximum atomic E-state index is 12.8. The Labute approximate surface area is 164 Å². The summed E-state index contributed by atoms with van der Waals surface area (Å²) in [7, 11) is 0. The number of thiophene rings is 1. The maximum Gasteiger partial charge on any atom is 0.410 e. The van der Waals surface area contributed by atoms with E-state index in [1.54, 1.807) is 4.90 Å². The van der Waals surface area contributed by atoms with Crippen molar-refractivity contribution in [1.29, 1.82) is 0 Å². The van der Waals surface area contributed by atoms with Crippen LogP contribution in [0.2, 0.25) is 0 Å². The third-order valence-electron chi connectivity index (χ3n) is 4.57. The van der Waals surface area contributed by atoms with Gasteiger partial charge in [0.05, 0.1) is 19.3 Å². The van der Waals surface area contributed by atoms with Crippen molar-refractivity contribution >= 4 is 17.4 Å². The monoisotopic (exact) mass is 389 g/mol. The number of carbonyl (C=O) groups is 1. The van der Waals surface area contributed by atoms with Crippen LogP contribution < -0.4 is 0 Å². The van der Waals surface area contributed by atoms with Gasteiger partial charge < -0.3 is 14.6 Å². The molecule has 2 unspecified atom stereocenters. The van der Waals surface area contributed by atoms with Gasteiger partial charge in [0.1, 0.15) is 11.2 Å². The number of morpholine rings is 1. The van der Waals surface area contributed by atoms with Crippen molar-refractivity contribution in [2.24, 2.45) is 0 Å². The summed E-state index contributed by atoms with van der Waals surface area (Å²) in [5, 5.41) is 13.8. The smallest absolute Gasteiger partial charge is 0.410 e. The zero-order valence-electron chi connectivity index (χ0n) is 16.1. The molecule has 1 N–H and O–H groups in total. The molecule has 0 saturated carbocycles. The van der Waals surface area contributed by atoms with Crippen LogP contribution >= 0.6 is 11.3 Å². The first-order valence-electron chi connectivity index (χ1n) is 9.17. The molecule has 27 heavy (non-hydrogen) atoms. The quantitative estimate of drug-likeness (QED) is 0.864. The van der Waals surface area contributed by atoms with Crippen LogP contribution in [0.4, 0.5) is 4.79 Å². The van der Waals surface area contributed by atoms with Crippen LogP contribution in [0.3, 0.4) is 0 Å². The van der Waals surface area contributed by atoms with Gasteiger partial charge in [0.2, 0.25) is 0 Å². The van der Waals surface area contributed by atoms with Crippen molar-refractivity contribution in [2.75, 3.05) is 19.8 Å². The Kier molecular flexibility index (Phi) is 5.89. The fourth-order valence-electron chi connectivity index (χ4n) is 3.34. The van der Waals surface area contributed by atoms with Gasteiger partial charge in [-0.3, -0.25) is 4.90 Å². The lowest BCUT2D eigenvalue weighted by Gasteiger charge is -2.45. The fraction of sp³-hybridized carbons (Fsp3) is 0.476. The normalized spacial score (nSPS) is 20.1. The van der Waals surface area contributed by atoms with E-state index in [4.69, 9.17) is 9.47 Å². The molecule has 2 heterocycles. The molecular weight excluding hydrogens is 362 g/mol. The van der Waals surface area contributed by atoms with Gasteiger partial charge in [0.15, 0.2) is 0 Å². The molecule has 0 radical (unpaired) electrons. The van der Waals surface area contributed by atoms with Gasteiger partial charge in [-0.05, 0) is 37.8 Å². The van der Waals surface area contributed by atoms with Gasteiger partial charge in [0.25, 0.3) is 0 Å². The highest BCUT2D eigenvalue weighted by Crippen LogP contribution is 2.37. The van der Waals surface area contributed by atoms with Crippen LogP contribution in [0.1, 0.15) is 31.2 Å². The first kappa shape index (κ1) is 19.9. The van der Waals surface area contributed by atoms with Crippen molar-refractivity contribution in [1.82, 2.24) is 4.90 Å². The Morgan fingerprint density at radius 3 is 2.63 bits per heavy atom. The molecule has 1 saturated heterocycles. The average molecular weight is 390 g/mol. The summed E-state index contributed by atoms with van der Waals surface area (Å²) < 4.78 is 11.3. The fourth-order valence-corrected chi connectivity index (χ4v) is 4.21. The van der Waals surface area contributed by atoms with Crippen LogP contribution in [0, 0.1) is 0 Å². The van der Waals surface area contributed by atoms with E-state index in [1.165, 1.54) is 11.3 Å². The van der Waals surface area contributed by atoms with E-state index in [-0.39, 0.29) is 6.61 Å². The third-order valence-corrected chi connectivity index (χ3v) is 5.61. The molecule has 0 aliphatic carbocycles. The molecule has 2 atom stereocenters. The average Bonchev–Trinajstić information content (AvgIpc) is 3.16. The molecule has 1 aliphatic heterocycles. The lowest BCUT2D eigenvalue weighted by Crippen LogP contribution is -2.60. The second-order valence-electron chi connectivity index (χ2n) is 7.83. The van der Waals surface area contributed by atoms with Gasteiger partial charge in [-0.1, -0.05) is 36.4 Å². The number of ether oxygens (including phenoxy) is 2. The summed E-state index contributed by atoms with van der Waals surface area (Å²) in [6.07, 6.45) is -0.0272. The lowest BCUT2D eigenvalue weighted by atomic mass is 9.84. The molecule has 2 aromatic rings. The topological polar surface area (TPSA) is 59.0 Å². The van der Waals surface area contributed by atoms with Gasteiger partial charge >= 0.3 is 6.09 Å². The number of amides is 1. The first-order chi connectivity index (χ1) is 12.8. The van der Waals surface area contributed by atoms with Crippen LogP contribution in [0.15, 0.2) is 47.8 Å². The van der Waals surface area contributed by atoms with Gasteiger partial charge in [-0.2, -0.15) is 0 Å². The molecular formula is C21H27NO4S. The number of hydrogen-bond acceptors (Lipinski definition) is 5. The zero-order valence-corrected chi connectivity index (χ0v) is 16.9. The second-order valence-corrected chi connectivity index (χ2v) is 8.78. The van der Waals surface area contributed by atoms with E-state index in [1.807, 2.05) is 68.6 Å². The number of hydrogen-bond donors (Lipinski definition) is 1. The molecule has 1 aromatic heterocycles. The third kappa shape index (κ3) is 4.69. The Morgan fingerprint density at radius 2 is 2.00 bits per heavy atom. The lowest BCUT2D eigenvalue weighted by molar-refractivity contribution is -0.113. The minimum Gasteiger partial charge on any atom is -0.444 e. The van der Waals surface area contributed by atoms with E-state index in [0.717, 1.165) is 10.4 Å². The highest BCUT2D eigenvalue weighted by atomic mass is 32.1. The van der Waals surface area contributed by atoms with Crippen LogP contribution in [-0.4, -0.2) is 47.5 Å². The predicted molar refractivity (Wildman–Crippen MR) is 106 cm³/mol. The number of nitrogens with zero attached hydrogens (tertiary/aromatic N) is 1. The van der Waals surface area contributed by atoms with Crippen molar-refractivity contribution in [3.8, 4) is 0 Å². The van der Waals surface area contributed by atoms with Crippen molar-refractivity contribution in [3.63, 3.8) is 0 Å². The molecule has 6 heteroatoms. The highest BCUT2D eigenvalue weighted by Gasteiger charge is 2.47. The van der Waals surface area contributed by atoms with Crippen LogP contribution in [-0.2, 0) is 21.5 Å². The minimum atomic E-state index is -1.26. The van der Waals surface area contributed by atoms with Gasteiger partial charge in [-0.25, -0.2) is 4.79 Å². The number of rotatable bonds is 4. The summed E-state index contributed by atoms with van der Waals surface area (Å²) in [6.45, 7) is 6.62. The number of benzene rings is 1. The van der Waals surface area contributed by atoms with Crippen molar-refractivity contribution < 1.29 is 19.4 Å². The molecule has 146 valence electrons. The molecule has 1 aromatic carbocycles. The molecule has 1 aliphatic rings. The van der Waals surface area contributed by atoms with E-state index >= 15 is 0 Å². The molecule has 0 spiro atoms. The maximum absolute atomic E-state index is 12.8. The summed E-state index contributed by atoms with van der Waals surface area (Å²) in [4.78, 5) is 15.3. The summed E-state index contributed by atoms with van der Waals surface area (Å²) in [6, 6.07) is 13.1. The van der Waals surface area contributed by atoms with E-state index in [9.17, 15) is 9.90 Å². The molecule has 1 amide bonds. The SMILES string of the molecule is CC(C)(C)OC(=O)N1CCOCC1C(O)(Cc1ccccc1)c1cccs1. The molecule has 3 rings (SSSR count). The largest absolute Gasteiger partial charge is 0.444 e. The zero-order chi connectivity index (χ0) is 19.5.